The minimum absolute atomic E-state index is 0.00419. The molecular formula is C50H40F2N8O11. The summed E-state index contributed by atoms with van der Waals surface area (Å²) in [6.07, 6.45) is -1.82. The Morgan fingerprint density at radius 2 is 1.13 bits per heavy atom. The van der Waals surface area contributed by atoms with E-state index in [0.29, 0.717) is 22.1 Å². The van der Waals surface area contributed by atoms with Crippen LogP contribution in [0.1, 0.15) is 53.9 Å². The van der Waals surface area contributed by atoms with Gasteiger partial charge in [0.1, 0.15) is 58.0 Å². The van der Waals surface area contributed by atoms with Crippen molar-refractivity contribution in [2.75, 3.05) is 6.61 Å². The van der Waals surface area contributed by atoms with Gasteiger partial charge in [-0.1, -0.05) is 0 Å². The van der Waals surface area contributed by atoms with E-state index in [0.717, 1.165) is 42.5 Å². The second kappa shape index (κ2) is 19.1. The minimum Gasteiger partial charge on any atom is -0.507 e. The molecule has 0 radical (unpaired) electrons. The van der Waals surface area contributed by atoms with Crippen molar-refractivity contribution in [2.24, 2.45) is 11.5 Å². The summed E-state index contributed by atoms with van der Waals surface area (Å²) in [5.74, 6) is -13.1. The van der Waals surface area contributed by atoms with E-state index in [1.807, 2.05) is 0 Å². The number of aliphatic carboxylic acids is 2. The zero-order chi connectivity index (χ0) is 51.0. The number of carboxylic acids is 2. The summed E-state index contributed by atoms with van der Waals surface area (Å²) in [7, 11) is 0. The molecule has 2 heterocycles. The Morgan fingerprint density at radius 3 is 1.65 bits per heavy atom. The SMILES string of the molecule is CCOC(=O)C(CC(=O)Oc1c(-c2nc3ccc(C(=N)N)cc3[nH]2)cc(C(CC(=O)O)C(=O)O)cc1-c1cc(F)ccc1O)c1cc(-c2nc3ccc(C(=N)N)cc3[nH]2)c(O)c(-c2cc(F)ccc2O)c1. The maximum atomic E-state index is 15.1. The number of amidine groups is 2. The number of aromatic hydroxyl groups is 3. The highest BCUT2D eigenvalue weighted by molar-refractivity contribution is 6.00. The number of rotatable bonds is 16. The Balaban J connectivity index is 1.32. The number of esters is 2. The van der Waals surface area contributed by atoms with Crippen LogP contribution < -0.4 is 16.2 Å². The van der Waals surface area contributed by atoms with Gasteiger partial charge < -0.3 is 56.4 Å². The predicted molar refractivity (Wildman–Crippen MR) is 253 cm³/mol. The van der Waals surface area contributed by atoms with E-state index < -0.39 is 83.2 Å². The van der Waals surface area contributed by atoms with Gasteiger partial charge in [0.05, 0.1) is 64.5 Å². The van der Waals surface area contributed by atoms with Gasteiger partial charge >= 0.3 is 23.9 Å². The highest BCUT2D eigenvalue weighted by Gasteiger charge is 2.33. The van der Waals surface area contributed by atoms with Crippen molar-refractivity contribution in [2.45, 2.75) is 31.6 Å². The van der Waals surface area contributed by atoms with Crippen LogP contribution in [0.3, 0.4) is 0 Å². The fourth-order valence-corrected chi connectivity index (χ4v) is 8.06. The molecule has 2 atom stereocenters. The molecule has 0 amide bonds. The largest absolute Gasteiger partial charge is 0.507 e. The number of benzene rings is 6. The summed E-state index contributed by atoms with van der Waals surface area (Å²) in [6.45, 7) is 1.31. The first-order valence-electron chi connectivity index (χ1n) is 21.3. The van der Waals surface area contributed by atoms with Crippen molar-refractivity contribution in [1.82, 2.24) is 19.9 Å². The summed E-state index contributed by atoms with van der Waals surface area (Å²) < 4.78 is 41.5. The Kier molecular flexibility index (Phi) is 12.9. The fourth-order valence-electron chi connectivity index (χ4n) is 8.06. The van der Waals surface area contributed by atoms with E-state index in [-0.39, 0.29) is 85.5 Å². The van der Waals surface area contributed by atoms with E-state index >= 15 is 4.39 Å². The van der Waals surface area contributed by atoms with Gasteiger partial charge in [0.2, 0.25) is 0 Å². The lowest BCUT2D eigenvalue weighted by Crippen LogP contribution is -2.22. The van der Waals surface area contributed by atoms with Crippen LogP contribution in [0, 0.1) is 22.5 Å². The lowest BCUT2D eigenvalue weighted by atomic mass is 9.88. The number of nitrogens with one attached hydrogen (secondary N) is 4. The predicted octanol–water partition coefficient (Wildman–Crippen LogP) is 7.36. The molecule has 21 heteroatoms. The number of carboxylic acid groups (broad SMARTS) is 2. The number of phenolic OH excluding ortho intramolecular Hbond substituents is 3. The average Bonchev–Trinajstić information content (AvgIpc) is 3.96. The first-order chi connectivity index (χ1) is 33.8. The van der Waals surface area contributed by atoms with Crippen molar-refractivity contribution in [3.63, 3.8) is 0 Å². The second-order valence-corrected chi connectivity index (χ2v) is 16.2. The van der Waals surface area contributed by atoms with Crippen LogP contribution in [0.2, 0.25) is 0 Å². The summed E-state index contributed by atoms with van der Waals surface area (Å²) in [5.41, 5.74) is 11.7. The lowest BCUT2D eigenvalue weighted by molar-refractivity contribution is -0.148. The number of nitrogens with two attached hydrogens (primary N) is 2. The molecule has 0 aliphatic carbocycles. The maximum Gasteiger partial charge on any atom is 0.313 e. The Bertz CT molecular complexity index is 3540. The van der Waals surface area contributed by atoms with E-state index in [4.69, 9.17) is 31.8 Å². The number of aromatic nitrogens is 4. The zero-order valence-electron chi connectivity index (χ0n) is 37.0. The van der Waals surface area contributed by atoms with Crippen LogP contribution in [-0.2, 0) is 23.9 Å². The molecule has 0 bridgehead atoms. The van der Waals surface area contributed by atoms with Gasteiger partial charge in [-0.15, -0.1) is 0 Å². The molecule has 360 valence electrons. The van der Waals surface area contributed by atoms with Crippen LogP contribution in [0.25, 0.3) is 67.1 Å². The first-order valence-corrected chi connectivity index (χ1v) is 21.3. The molecule has 0 aliphatic heterocycles. The molecule has 71 heavy (non-hydrogen) atoms. The first kappa shape index (κ1) is 47.8. The highest BCUT2D eigenvalue weighted by atomic mass is 19.1. The van der Waals surface area contributed by atoms with E-state index in [9.17, 15) is 49.1 Å². The molecule has 2 unspecified atom stereocenters. The molecule has 0 aliphatic rings. The van der Waals surface area contributed by atoms with Crippen LogP contribution in [0.5, 0.6) is 23.0 Å². The molecule has 6 aromatic carbocycles. The third-order valence-electron chi connectivity index (χ3n) is 11.5. The molecular weight excluding hydrogens is 927 g/mol. The third kappa shape index (κ3) is 9.72. The van der Waals surface area contributed by atoms with Crippen molar-refractivity contribution in [3.8, 4) is 68.0 Å². The monoisotopic (exact) mass is 966 g/mol. The van der Waals surface area contributed by atoms with Crippen LogP contribution in [0.4, 0.5) is 8.78 Å². The van der Waals surface area contributed by atoms with Crippen molar-refractivity contribution in [1.29, 1.82) is 10.8 Å². The van der Waals surface area contributed by atoms with Gasteiger partial charge in [-0.3, -0.25) is 30.0 Å². The van der Waals surface area contributed by atoms with Crippen molar-refractivity contribution < 1.29 is 63.0 Å². The summed E-state index contributed by atoms with van der Waals surface area (Å²) in [6, 6.07) is 19.7. The van der Waals surface area contributed by atoms with Gasteiger partial charge in [0.25, 0.3) is 0 Å². The molecule has 0 saturated heterocycles. The summed E-state index contributed by atoms with van der Waals surface area (Å²) in [4.78, 5) is 68.7. The average molecular weight is 967 g/mol. The number of halogens is 2. The molecule has 2 aromatic heterocycles. The van der Waals surface area contributed by atoms with Crippen LogP contribution in [0.15, 0.2) is 97.1 Å². The molecule has 13 N–H and O–H groups in total. The molecule has 0 fully saturated rings. The number of carbonyl (C=O) groups excluding carboxylic acids is 2. The van der Waals surface area contributed by atoms with Gasteiger partial charge in [-0.05, 0) is 115 Å². The fraction of sp³-hybridized carbons (Fsp3) is 0.120. The molecule has 0 spiro atoms. The number of H-pyrrole nitrogens is 2. The van der Waals surface area contributed by atoms with Gasteiger partial charge in [0.15, 0.2) is 0 Å². The molecule has 8 aromatic rings. The zero-order valence-corrected chi connectivity index (χ0v) is 37.0. The van der Waals surface area contributed by atoms with Crippen molar-refractivity contribution in [3.05, 3.63) is 131 Å². The number of ether oxygens (including phenoxy) is 2. The normalized spacial score (nSPS) is 12.1. The maximum absolute atomic E-state index is 15.1. The van der Waals surface area contributed by atoms with E-state index in [1.54, 1.807) is 12.1 Å². The third-order valence-corrected chi connectivity index (χ3v) is 11.5. The number of fused-ring (bicyclic) bond motifs is 2. The summed E-state index contributed by atoms with van der Waals surface area (Å²) in [5, 5.41) is 69.8. The lowest BCUT2D eigenvalue weighted by Gasteiger charge is -2.21. The number of hydrogen-bond donors (Lipinski definition) is 11. The number of hydrogen-bond acceptors (Lipinski definition) is 13. The number of phenols is 3. The standard InChI is InChI=1S/C50H40F2N8O11/c1-2-70-50(69)28(24-11-31(29-17-25(51)5-9-39(29)61)43(66)33(13-24)47-57-35-7-3-21(45(53)54)15-37(35)59-47)20-42(65)71-44-32(30-18-26(52)6-10-40(30)62)12-23(27(49(67)68)19-41(63)64)14-34(44)48-58-36-8-4-22(46(55)56)16-38(36)60-48/h3-18,27-28,61-62,66H,2,19-20H2,1H3,(H3,53,54)(H3,55,56)(H,57,59)(H,58,60)(H,63,64)(H,67,68). The summed E-state index contributed by atoms with van der Waals surface area (Å²) >= 11 is 0. The topological polar surface area (TPSA) is 345 Å². The number of nitrogens with zero attached hydrogens (tertiary/aromatic N) is 2. The highest BCUT2D eigenvalue weighted by Crippen LogP contribution is 2.47. The van der Waals surface area contributed by atoms with Gasteiger partial charge in [0, 0.05) is 33.4 Å². The van der Waals surface area contributed by atoms with Gasteiger partial charge in [-0.25, -0.2) is 18.7 Å². The Hall–Kier alpha value is -9.66. The van der Waals surface area contributed by atoms with E-state index in [2.05, 4.69) is 19.9 Å². The smallest absolute Gasteiger partial charge is 0.313 e. The number of imidazole rings is 2. The van der Waals surface area contributed by atoms with Crippen LogP contribution >= 0.6 is 0 Å². The Labute approximate surface area is 399 Å². The number of nitrogen functional groups attached to an aromatic ring is 2. The molecule has 8 rings (SSSR count). The quantitative estimate of drug-likeness (QED) is 0.0195. The number of aromatic amines is 2. The second-order valence-electron chi connectivity index (χ2n) is 16.2. The van der Waals surface area contributed by atoms with Crippen LogP contribution in [-0.4, -0.2) is 87.6 Å². The molecule has 0 saturated carbocycles. The molecule has 19 nitrogen and oxygen atoms in total. The van der Waals surface area contributed by atoms with E-state index in [1.165, 1.54) is 49.4 Å². The minimum atomic E-state index is -1.76. The Morgan fingerprint density at radius 1 is 0.634 bits per heavy atom. The van der Waals surface area contributed by atoms with Gasteiger partial charge in [-0.2, -0.15) is 0 Å². The number of carbonyl (C=O) groups is 4. The van der Waals surface area contributed by atoms with Crippen molar-refractivity contribution >= 4 is 57.6 Å².